The molecule has 0 fully saturated rings. The van der Waals surface area contributed by atoms with E-state index in [1.165, 1.54) is 21.3 Å². The van der Waals surface area contributed by atoms with Crippen molar-refractivity contribution in [1.82, 2.24) is 89.4 Å². The Balaban J connectivity index is 0.000000151. The van der Waals surface area contributed by atoms with Crippen molar-refractivity contribution in [2.75, 3.05) is 21.3 Å². The number of H-pyrrole nitrogens is 4. The standard InChI is InChI=1S/2C27H26N4O2.C24H26N6O4.C24H26N6O3/c2*1-16-12-17(2)30-26(32)23(16)15-29-27(33)25-19(4)31(24-11-6-5-10-22(24)25)18(3)21-9-7-8-20(13-21)14-28;1-13-11-19(33-4)17(22(31)28-13)12-27-23(32)20-15(3)30(21-16(20)7-6-9-25-21)14(2)18-8-10-26-24(29-18)34-5;1-13-11-14(2)28-22(31)18(13)12-27-23(32)20-16(4)30(21-17(20)7-6-9-25-21)15(3)19-8-10-26-24(29-19)33-5/h2*5-13,18H,15H2,1-4H3,(H,29,33)(H,30,32);6-11,14H,12H2,1-5H3,(H,27,32)(H,28,31);6-11,15H,12H2,1-5H3,(H,27,32)(H,28,31). The van der Waals surface area contributed by atoms with E-state index < -0.39 is 0 Å². The van der Waals surface area contributed by atoms with Crippen LogP contribution >= 0.6 is 0 Å². The van der Waals surface area contributed by atoms with Gasteiger partial charge in [0.15, 0.2) is 0 Å². The lowest BCUT2D eigenvalue weighted by Crippen LogP contribution is -2.28. The van der Waals surface area contributed by atoms with Gasteiger partial charge in [0.2, 0.25) is 0 Å². The predicted molar refractivity (Wildman–Crippen MR) is 510 cm³/mol. The lowest BCUT2D eigenvalue weighted by molar-refractivity contribution is 0.0943. The highest BCUT2D eigenvalue weighted by Crippen LogP contribution is 2.37. The molecule has 12 aromatic heterocycles. The van der Waals surface area contributed by atoms with E-state index >= 15 is 0 Å². The maximum absolute atomic E-state index is 13.4. The highest BCUT2D eigenvalue weighted by atomic mass is 16.5. The third-order valence-corrected chi connectivity index (χ3v) is 23.9. The number of pyridine rings is 6. The van der Waals surface area contributed by atoms with Gasteiger partial charge in [-0.15, -0.1) is 0 Å². The zero-order valence-corrected chi connectivity index (χ0v) is 77.3. The van der Waals surface area contributed by atoms with Gasteiger partial charge in [-0.3, -0.25) is 38.4 Å². The monoisotopic (exact) mass is 1780 g/mol. The number of aryl methyl sites for hydroxylation is 7. The molecule has 0 saturated heterocycles. The van der Waals surface area contributed by atoms with Crippen molar-refractivity contribution in [2.24, 2.45) is 0 Å². The number of aromatic amines is 4. The molecule has 0 bridgehead atoms. The van der Waals surface area contributed by atoms with Gasteiger partial charge >= 0.3 is 12.0 Å². The first-order valence-corrected chi connectivity index (χ1v) is 43.1. The summed E-state index contributed by atoms with van der Waals surface area (Å²) in [6.07, 6.45) is 6.65. The van der Waals surface area contributed by atoms with Crippen LogP contribution in [0, 0.1) is 98.8 Å². The zero-order valence-electron chi connectivity index (χ0n) is 77.3. The second kappa shape index (κ2) is 40.9. The highest BCUT2D eigenvalue weighted by Gasteiger charge is 2.31. The van der Waals surface area contributed by atoms with Crippen LogP contribution in [0.5, 0.6) is 17.8 Å². The summed E-state index contributed by atoms with van der Waals surface area (Å²) in [5.74, 6) is -0.604. The number of benzene rings is 4. The molecule has 8 N–H and O–H groups in total. The van der Waals surface area contributed by atoms with Crippen LogP contribution in [0.15, 0.2) is 202 Å². The number of carbonyl (C=O) groups excluding carboxylic acids is 4. The average molecular weight is 1790 g/mol. The summed E-state index contributed by atoms with van der Waals surface area (Å²) in [7, 11) is 4.52. The molecule has 4 amide bonds. The molecular formula is C102H104N20O11. The van der Waals surface area contributed by atoms with Gasteiger partial charge in [0.1, 0.15) is 17.0 Å². The second-order valence-electron chi connectivity index (χ2n) is 32.6. The molecule has 0 aliphatic rings. The van der Waals surface area contributed by atoms with E-state index in [9.17, 15) is 48.9 Å². The van der Waals surface area contributed by atoms with E-state index in [0.717, 1.165) is 106 Å². The van der Waals surface area contributed by atoms with Gasteiger partial charge < -0.3 is 73.7 Å². The minimum Gasteiger partial charge on any atom is -0.496 e. The molecular weight excluding hydrogens is 1680 g/mol. The van der Waals surface area contributed by atoms with Gasteiger partial charge in [0.25, 0.3) is 45.9 Å². The number of rotatable bonds is 23. The van der Waals surface area contributed by atoms with E-state index in [4.69, 9.17) is 14.2 Å². The molecule has 0 radical (unpaired) electrons. The molecule has 16 rings (SSSR count). The van der Waals surface area contributed by atoms with E-state index in [0.29, 0.717) is 83.8 Å². The number of hydrogen-bond donors (Lipinski definition) is 8. The normalized spacial score (nSPS) is 11.9. The molecule has 16 aromatic rings. The number of nitriles is 2. The number of carbonyl (C=O) groups is 4. The number of aromatic nitrogens is 14. The molecule has 133 heavy (non-hydrogen) atoms. The van der Waals surface area contributed by atoms with Crippen LogP contribution in [0.1, 0.15) is 211 Å². The van der Waals surface area contributed by atoms with Crippen molar-refractivity contribution in [3.05, 3.63) is 364 Å². The van der Waals surface area contributed by atoms with Crippen molar-refractivity contribution >= 4 is 67.5 Å². The number of nitrogens with one attached hydrogen (secondary N) is 8. The summed E-state index contributed by atoms with van der Waals surface area (Å²) in [5.41, 5.74) is 19.9. The third kappa shape index (κ3) is 19.9. The smallest absolute Gasteiger partial charge is 0.316 e. The van der Waals surface area contributed by atoms with Crippen LogP contribution in [-0.2, 0) is 26.2 Å². The minimum absolute atomic E-state index is 0.0165. The molecule has 0 aliphatic carbocycles. The van der Waals surface area contributed by atoms with Gasteiger partial charge in [-0.25, -0.2) is 19.9 Å². The van der Waals surface area contributed by atoms with Crippen LogP contribution in [0.2, 0.25) is 0 Å². The van der Waals surface area contributed by atoms with Crippen LogP contribution in [0.25, 0.3) is 43.9 Å². The lowest BCUT2D eigenvalue weighted by atomic mass is 10.1. The Bertz CT molecular complexity index is 7310. The Labute approximate surface area is 766 Å². The van der Waals surface area contributed by atoms with Crippen molar-refractivity contribution in [3.8, 4) is 29.9 Å². The molecule has 12 heterocycles. The summed E-state index contributed by atoms with van der Waals surface area (Å²) < 4.78 is 23.9. The van der Waals surface area contributed by atoms with Crippen LogP contribution in [-0.4, -0.2) is 113 Å². The molecule has 4 aromatic carbocycles. The zero-order chi connectivity index (χ0) is 95.5. The number of ether oxygens (including phenoxy) is 3. The van der Waals surface area contributed by atoms with Crippen molar-refractivity contribution in [2.45, 2.75) is 154 Å². The van der Waals surface area contributed by atoms with E-state index in [2.05, 4.69) is 106 Å². The lowest BCUT2D eigenvalue weighted by Gasteiger charge is -2.18. The Hall–Kier alpha value is -16.4. The largest absolute Gasteiger partial charge is 0.496 e. The average Bonchev–Trinajstić information content (AvgIpc) is 1.62. The van der Waals surface area contributed by atoms with E-state index in [1.54, 1.807) is 68.1 Å². The van der Waals surface area contributed by atoms with Crippen molar-refractivity contribution < 1.29 is 33.4 Å². The summed E-state index contributed by atoms with van der Waals surface area (Å²) in [5, 5.41) is 33.4. The number of nitrogens with zero attached hydrogens (tertiary/aromatic N) is 12. The van der Waals surface area contributed by atoms with E-state index in [1.807, 2.05) is 214 Å². The van der Waals surface area contributed by atoms with Crippen molar-refractivity contribution in [3.63, 3.8) is 0 Å². The van der Waals surface area contributed by atoms with Crippen LogP contribution in [0.3, 0.4) is 0 Å². The number of methoxy groups -OCH3 is 3. The van der Waals surface area contributed by atoms with Crippen LogP contribution in [0.4, 0.5) is 0 Å². The van der Waals surface area contributed by atoms with Gasteiger partial charge in [0.05, 0.1) is 115 Å². The molecule has 0 aliphatic heterocycles. The number of para-hydroxylation sites is 2. The summed E-state index contributed by atoms with van der Waals surface area (Å²) in [4.78, 5) is 140. The number of fused-ring (bicyclic) bond motifs is 4. The maximum Gasteiger partial charge on any atom is 0.316 e. The van der Waals surface area contributed by atoms with Crippen molar-refractivity contribution in [1.29, 1.82) is 10.5 Å². The first-order chi connectivity index (χ1) is 63.8. The first kappa shape index (κ1) is 94.2. The van der Waals surface area contributed by atoms with Gasteiger partial charge in [-0.2, -0.15) is 20.5 Å². The molecule has 0 spiro atoms. The Morgan fingerprint density at radius 1 is 0.361 bits per heavy atom. The molecule has 4 atom stereocenters. The Morgan fingerprint density at radius 3 is 1.03 bits per heavy atom. The fourth-order valence-corrected chi connectivity index (χ4v) is 17.4. The SMILES string of the molecule is COc1nccc(C(C)n2c(C)c(C(=O)NCc3c(C)cc(C)[nH]c3=O)c3cccnc32)n1.COc1nccc(C(C)n2c(C)c(C(=O)NCc3c(OC)cc(C)[nH]c3=O)c3cccnc32)n1.Cc1cc(C)c(CNC(=O)c2c(C)n(C(C)c3cccc(C#N)c3)c3ccccc23)c(=O)[nH]1.Cc1cc(C)c(CNC(=O)c2c(C)n(C(C)c3cccc(C#N)c3)c3ccccc23)c(=O)[nH]1. The summed E-state index contributed by atoms with van der Waals surface area (Å²) >= 11 is 0. The topological polar surface area (TPSA) is 420 Å². The Kier molecular flexibility index (Phi) is 29.0. The molecule has 31 nitrogen and oxygen atoms in total. The summed E-state index contributed by atoms with van der Waals surface area (Å²) in [6.45, 7) is 29.0. The van der Waals surface area contributed by atoms with Gasteiger partial charge in [0, 0.05) is 139 Å². The minimum atomic E-state index is -0.316. The second-order valence-corrected chi connectivity index (χ2v) is 32.6. The maximum atomic E-state index is 13.4. The van der Waals surface area contributed by atoms with Gasteiger partial charge in [-0.1, -0.05) is 60.7 Å². The third-order valence-electron chi connectivity index (χ3n) is 23.9. The quantitative estimate of drug-likeness (QED) is 0.0295. The van der Waals surface area contributed by atoms with Gasteiger partial charge in [-0.05, 0) is 229 Å². The molecule has 31 heteroatoms. The predicted octanol–water partition coefficient (Wildman–Crippen LogP) is 15.0. The number of hydrogen-bond acceptors (Lipinski definition) is 19. The summed E-state index contributed by atoms with van der Waals surface area (Å²) in [6, 6.07) is 53.3. The van der Waals surface area contributed by atoms with E-state index in [-0.39, 0.29) is 108 Å². The first-order valence-electron chi connectivity index (χ1n) is 43.1. The highest BCUT2D eigenvalue weighted by molar-refractivity contribution is 6.11. The Morgan fingerprint density at radius 2 is 0.684 bits per heavy atom. The molecule has 0 saturated carbocycles. The van der Waals surface area contributed by atoms with Crippen LogP contribution < -0.4 is 57.7 Å². The fourth-order valence-electron chi connectivity index (χ4n) is 17.4. The fraction of sp³-hybridized carbons (Fsp3) is 0.255. The number of amides is 4. The molecule has 678 valence electrons. The molecule has 4 unspecified atom stereocenters.